The average Bonchev–Trinajstić information content (AvgIpc) is 2.87. The lowest BCUT2D eigenvalue weighted by Gasteiger charge is -2.38. The summed E-state index contributed by atoms with van der Waals surface area (Å²) in [5.74, 6) is -0.158. The van der Waals surface area contributed by atoms with Crippen LogP contribution in [-0.4, -0.2) is 25.0 Å². The first-order valence-electron chi connectivity index (χ1n) is 7.89. The van der Waals surface area contributed by atoms with Gasteiger partial charge in [0.05, 0.1) is 5.25 Å². The number of benzene rings is 2. The van der Waals surface area contributed by atoms with E-state index < -0.39 is 0 Å². The number of piperidine rings is 1. The summed E-state index contributed by atoms with van der Waals surface area (Å²) in [4.78, 5) is 2.42. The standard InChI is InChI=1S/C19H20FNS/c1-21-12-10-19(11-13-21)17-5-3-2-4-16(17)18(22-19)14-6-8-15(20)9-7-14/h2-9,18H,10-13H2,1H3/t18-/m0/s1. The van der Waals surface area contributed by atoms with Gasteiger partial charge in [0.25, 0.3) is 0 Å². The molecule has 1 fully saturated rings. The fourth-order valence-electron chi connectivity index (χ4n) is 3.75. The van der Waals surface area contributed by atoms with Crippen LogP contribution in [0.1, 0.15) is 34.8 Å². The van der Waals surface area contributed by atoms with Crippen molar-refractivity contribution in [2.45, 2.75) is 22.8 Å². The van der Waals surface area contributed by atoms with Gasteiger partial charge in [-0.25, -0.2) is 4.39 Å². The Morgan fingerprint density at radius 2 is 1.73 bits per heavy atom. The third-order valence-corrected chi connectivity index (χ3v) is 6.89. The van der Waals surface area contributed by atoms with E-state index in [2.05, 4.69) is 48.0 Å². The van der Waals surface area contributed by atoms with Crippen molar-refractivity contribution in [3.8, 4) is 0 Å². The summed E-state index contributed by atoms with van der Waals surface area (Å²) in [6.45, 7) is 2.30. The second-order valence-electron chi connectivity index (χ2n) is 6.43. The van der Waals surface area contributed by atoms with Crippen LogP contribution in [0.5, 0.6) is 0 Å². The molecule has 3 heteroatoms. The number of likely N-dealkylation sites (tertiary alicyclic amines) is 1. The number of hydrogen-bond acceptors (Lipinski definition) is 2. The number of hydrogen-bond donors (Lipinski definition) is 0. The summed E-state index contributed by atoms with van der Waals surface area (Å²) >= 11 is 2.07. The zero-order valence-corrected chi connectivity index (χ0v) is 13.6. The van der Waals surface area contributed by atoms with Crippen LogP contribution in [0.15, 0.2) is 48.5 Å². The zero-order valence-electron chi connectivity index (χ0n) is 12.8. The SMILES string of the molecule is CN1CCC2(CC1)S[C@@H](c1ccc(F)cc1)c1ccccc12. The Hall–Kier alpha value is -1.32. The summed E-state index contributed by atoms with van der Waals surface area (Å²) in [6.07, 6.45) is 2.39. The number of rotatable bonds is 1. The van der Waals surface area contributed by atoms with E-state index >= 15 is 0 Å². The molecule has 1 saturated heterocycles. The molecule has 22 heavy (non-hydrogen) atoms. The maximum Gasteiger partial charge on any atom is 0.123 e. The van der Waals surface area contributed by atoms with Crippen molar-refractivity contribution >= 4 is 11.8 Å². The van der Waals surface area contributed by atoms with E-state index in [1.165, 1.54) is 29.5 Å². The van der Waals surface area contributed by atoms with Crippen molar-refractivity contribution in [1.82, 2.24) is 4.90 Å². The Morgan fingerprint density at radius 3 is 2.45 bits per heavy atom. The molecule has 2 aromatic rings. The maximum atomic E-state index is 13.2. The quantitative estimate of drug-likeness (QED) is 0.758. The van der Waals surface area contributed by atoms with E-state index in [1.54, 1.807) is 12.1 Å². The van der Waals surface area contributed by atoms with Gasteiger partial charge in [-0.2, -0.15) is 0 Å². The topological polar surface area (TPSA) is 3.24 Å². The van der Waals surface area contributed by atoms with Crippen molar-refractivity contribution in [3.05, 3.63) is 71.0 Å². The highest BCUT2D eigenvalue weighted by Gasteiger charge is 2.45. The molecule has 0 saturated carbocycles. The van der Waals surface area contributed by atoms with Crippen molar-refractivity contribution in [2.24, 2.45) is 0 Å². The Labute approximate surface area is 135 Å². The molecule has 0 aliphatic carbocycles. The zero-order chi connectivity index (χ0) is 15.2. The molecule has 2 aliphatic heterocycles. The molecule has 1 atom stereocenters. The second kappa shape index (κ2) is 5.39. The van der Waals surface area contributed by atoms with Crippen LogP contribution in [0.4, 0.5) is 4.39 Å². The smallest absolute Gasteiger partial charge is 0.123 e. The molecule has 2 aliphatic rings. The van der Waals surface area contributed by atoms with E-state index in [1.807, 2.05) is 12.1 Å². The summed E-state index contributed by atoms with van der Waals surface area (Å²) in [7, 11) is 2.20. The fourth-order valence-corrected chi connectivity index (χ4v) is 5.55. The molecule has 1 nitrogen and oxygen atoms in total. The maximum absolute atomic E-state index is 13.2. The molecule has 4 rings (SSSR count). The summed E-state index contributed by atoms with van der Waals surface area (Å²) in [5, 5.41) is 0.334. The number of thioether (sulfide) groups is 1. The van der Waals surface area contributed by atoms with Gasteiger partial charge < -0.3 is 4.90 Å². The van der Waals surface area contributed by atoms with Gasteiger partial charge in [-0.3, -0.25) is 0 Å². The van der Waals surface area contributed by atoms with E-state index in [4.69, 9.17) is 0 Å². The molecule has 0 aromatic heterocycles. The van der Waals surface area contributed by atoms with Gasteiger partial charge in [0.15, 0.2) is 0 Å². The normalized spacial score (nSPS) is 23.6. The Kier molecular flexibility index (Phi) is 3.50. The molecular weight excluding hydrogens is 293 g/mol. The molecule has 1 spiro atoms. The first-order valence-corrected chi connectivity index (χ1v) is 8.77. The number of fused-ring (bicyclic) bond motifs is 2. The summed E-state index contributed by atoms with van der Waals surface area (Å²) < 4.78 is 13.5. The monoisotopic (exact) mass is 313 g/mol. The van der Waals surface area contributed by atoms with Crippen LogP contribution < -0.4 is 0 Å². The summed E-state index contributed by atoms with van der Waals surface area (Å²) in [6, 6.07) is 15.9. The molecular formula is C19H20FNS. The van der Waals surface area contributed by atoms with Crippen LogP contribution in [0, 0.1) is 5.82 Å². The minimum absolute atomic E-state index is 0.158. The highest BCUT2D eigenvalue weighted by Crippen LogP contribution is 2.61. The van der Waals surface area contributed by atoms with Crippen LogP contribution in [0.25, 0.3) is 0 Å². The molecule has 2 aromatic carbocycles. The Bertz CT molecular complexity index is 674. The average molecular weight is 313 g/mol. The van der Waals surface area contributed by atoms with Crippen LogP contribution in [0.3, 0.4) is 0 Å². The van der Waals surface area contributed by atoms with Crippen molar-refractivity contribution < 1.29 is 4.39 Å². The van der Waals surface area contributed by atoms with Crippen molar-refractivity contribution in [1.29, 1.82) is 0 Å². The molecule has 0 unspecified atom stereocenters. The molecule has 2 heterocycles. The molecule has 0 amide bonds. The lowest BCUT2D eigenvalue weighted by Crippen LogP contribution is -2.37. The third kappa shape index (κ3) is 2.27. The minimum Gasteiger partial charge on any atom is -0.306 e. The van der Waals surface area contributed by atoms with Crippen molar-refractivity contribution in [2.75, 3.05) is 20.1 Å². The highest BCUT2D eigenvalue weighted by atomic mass is 32.2. The van der Waals surface area contributed by atoms with Crippen molar-refractivity contribution in [3.63, 3.8) is 0 Å². The predicted molar refractivity (Wildman–Crippen MR) is 90.7 cm³/mol. The molecule has 0 N–H and O–H groups in total. The highest BCUT2D eigenvalue weighted by molar-refractivity contribution is 8.01. The van der Waals surface area contributed by atoms with E-state index in [-0.39, 0.29) is 10.6 Å². The summed E-state index contributed by atoms with van der Waals surface area (Å²) in [5.41, 5.74) is 4.14. The van der Waals surface area contributed by atoms with Crippen LogP contribution >= 0.6 is 11.8 Å². The van der Waals surface area contributed by atoms with Gasteiger partial charge in [0.1, 0.15) is 5.82 Å². The van der Waals surface area contributed by atoms with Crippen LogP contribution in [-0.2, 0) is 4.75 Å². The largest absolute Gasteiger partial charge is 0.306 e. The molecule has 0 radical (unpaired) electrons. The second-order valence-corrected chi connectivity index (χ2v) is 7.92. The van der Waals surface area contributed by atoms with Gasteiger partial charge in [-0.15, -0.1) is 11.8 Å². The third-order valence-electron chi connectivity index (χ3n) is 5.05. The number of nitrogens with zero attached hydrogens (tertiary/aromatic N) is 1. The Balaban J connectivity index is 1.75. The predicted octanol–water partition coefficient (Wildman–Crippen LogP) is 4.58. The minimum atomic E-state index is -0.158. The van der Waals surface area contributed by atoms with Gasteiger partial charge >= 0.3 is 0 Å². The Morgan fingerprint density at radius 1 is 1.05 bits per heavy atom. The lowest BCUT2D eigenvalue weighted by atomic mass is 9.84. The van der Waals surface area contributed by atoms with E-state index in [0.717, 1.165) is 13.1 Å². The van der Waals surface area contributed by atoms with E-state index in [9.17, 15) is 4.39 Å². The van der Waals surface area contributed by atoms with E-state index in [0.29, 0.717) is 5.25 Å². The molecule has 114 valence electrons. The van der Waals surface area contributed by atoms with Crippen LogP contribution in [0.2, 0.25) is 0 Å². The number of halogens is 1. The van der Waals surface area contributed by atoms with Gasteiger partial charge in [-0.05, 0) is 61.8 Å². The molecule has 0 bridgehead atoms. The van der Waals surface area contributed by atoms with Gasteiger partial charge in [-0.1, -0.05) is 36.4 Å². The first kappa shape index (κ1) is 14.3. The lowest BCUT2D eigenvalue weighted by molar-refractivity contribution is 0.241. The van der Waals surface area contributed by atoms with Gasteiger partial charge in [0, 0.05) is 4.75 Å². The fraction of sp³-hybridized carbons (Fsp3) is 0.368. The first-order chi connectivity index (χ1) is 10.7. The van der Waals surface area contributed by atoms with Gasteiger partial charge in [0.2, 0.25) is 0 Å².